The molecule has 0 spiro atoms. The number of aliphatic hydroxyl groups excluding tert-OH is 1. The second-order valence-corrected chi connectivity index (χ2v) is 5.14. The summed E-state index contributed by atoms with van der Waals surface area (Å²) in [7, 11) is 0. The van der Waals surface area contributed by atoms with E-state index >= 15 is 0 Å². The van der Waals surface area contributed by atoms with Crippen molar-refractivity contribution in [3.8, 4) is 0 Å². The van der Waals surface area contributed by atoms with Crippen LogP contribution in [-0.2, 0) is 4.84 Å². The van der Waals surface area contributed by atoms with Gasteiger partial charge in [0.2, 0.25) is 0 Å². The lowest BCUT2D eigenvalue weighted by Crippen LogP contribution is -2.17. The van der Waals surface area contributed by atoms with Crippen LogP contribution in [0.2, 0.25) is 0 Å². The van der Waals surface area contributed by atoms with E-state index in [0.717, 1.165) is 12.8 Å². The fourth-order valence-corrected chi connectivity index (χ4v) is 2.10. The highest BCUT2D eigenvalue weighted by Crippen LogP contribution is 2.12. The smallest absolute Gasteiger partial charge is 0.294 e. The molecule has 5 nitrogen and oxygen atoms in total. The van der Waals surface area contributed by atoms with Gasteiger partial charge in [-0.2, -0.15) is 0 Å². The topological polar surface area (TPSA) is 72.6 Å². The molecule has 0 aromatic heterocycles. The van der Waals surface area contributed by atoms with Gasteiger partial charge in [0, 0.05) is 0 Å². The fourth-order valence-electron chi connectivity index (χ4n) is 2.10. The van der Waals surface area contributed by atoms with Crippen LogP contribution in [0.25, 0.3) is 0 Å². The van der Waals surface area contributed by atoms with Crippen LogP contribution in [0.5, 0.6) is 0 Å². The van der Waals surface area contributed by atoms with E-state index in [4.69, 9.17) is 0 Å². The molecule has 19 heavy (non-hydrogen) atoms. The molecule has 0 aromatic rings. The Labute approximate surface area is 116 Å². The van der Waals surface area contributed by atoms with Crippen molar-refractivity contribution in [3.05, 3.63) is 10.1 Å². The van der Waals surface area contributed by atoms with Gasteiger partial charge in [-0.1, -0.05) is 71.1 Å². The van der Waals surface area contributed by atoms with Gasteiger partial charge in [0.15, 0.2) is 0 Å². The maximum Gasteiger partial charge on any atom is 0.294 e. The second kappa shape index (κ2) is 13.6. The van der Waals surface area contributed by atoms with Crippen molar-refractivity contribution in [1.82, 2.24) is 0 Å². The lowest BCUT2D eigenvalue weighted by atomic mass is 10.0. The van der Waals surface area contributed by atoms with Crippen molar-refractivity contribution >= 4 is 0 Å². The molecule has 0 saturated heterocycles. The highest BCUT2D eigenvalue weighted by Gasteiger charge is 2.06. The largest absolute Gasteiger partial charge is 0.391 e. The van der Waals surface area contributed by atoms with Gasteiger partial charge in [-0.25, -0.2) is 0 Å². The van der Waals surface area contributed by atoms with Gasteiger partial charge in [0.25, 0.3) is 5.09 Å². The van der Waals surface area contributed by atoms with Crippen molar-refractivity contribution in [3.63, 3.8) is 0 Å². The molecule has 0 aliphatic carbocycles. The Morgan fingerprint density at radius 1 is 1.00 bits per heavy atom. The molecule has 0 heterocycles. The molecule has 0 aliphatic heterocycles. The standard InChI is InChI=1S/C14H29NO4/c1-2-3-4-5-6-7-8-9-10-11-12-14(16)13-19-15(17)18/h14,16H,2-13H2,1H3. The molecule has 0 aliphatic rings. The van der Waals surface area contributed by atoms with E-state index in [9.17, 15) is 15.2 Å². The van der Waals surface area contributed by atoms with E-state index in [1.165, 1.54) is 51.4 Å². The third kappa shape index (κ3) is 15.1. The molecule has 0 radical (unpaired) electrons. The quantitative estimate of drug-likeness (QED) is 0.297. The van der Waals surface area contributed by atoms with Gasteiger partial charge >= 0.3 is 0 Å². The number of hydrogen-bond donors (Lipinski definition) is 1. The van der Waals surface area contributed by atoms with Crippen molar-refractivity contribution in [2.75, 3.05) is 6.61 Å². The van der Waals surface area contributed by atoms with Gasteiger partial charge in [-0.3, -0.25) is 0 Å². The highest BCUT2D eigenvalue weighted by molar-refractivity contribution is 4.54. The SMILES string of the molecule is CCCCCCCCCCCCC(O)CO[N+](=O)[O-]. The van der Waals surface area contributed by atoms with Crippen LogP contribution in [0.1, 0.15) is 77.6 Å². The van der Waals surface area contributed by atoms with Crippen LogP contribution in [0.3, 0.4) is 0 Å². The van der Waals surface area contributed by atoms with Crippen molar-refractivity contribution in [1.29, 1.82) is 0 Å². The minimum absolute atomic E-state index is 0.204. The summed E-state index contributed by atoms with van der Waals surface area (Å²) in [5, 5.41) is 18.5. The van der Waals surface area contributed by atoms with Crippen molar-refractivity contribution < 1.29 is 15.0 Å². The molecular weight excluding hydrogens is 246 g/mol. The Kier molecular flexibility index (Phi) is 13.0. The Balaban J connectivity index is 3.11. The maximum absolute atomic E-state index is 9.92. The zero-order valence-electron chi connectivity index (χ0n) is 12.2. The van der Waals surface area contributed by atoms with Crippen molar-refractivity contribution in [2.45, 2.75) is 83.7 Å². The molecule has 1 atom stereocenters. The van der Waals surface area contributed by atoms with E-state index in [2.05, 4.69) is 11.8 Å². The van der Waals surface area contributed by atoms with Gasteiger partial charge in [-0.15, -0.1) is 10.1 Å². The normalized spacial score (nSPS) is 12.3. The molecule has 0 saturated carbocycles. The summed E-state index contributed by atoms with van der Waals surface area (Å²) in [6.07, 6.45) is 12.3. The van der Waals surface area contributed by atoms with E-state index < -0.39 is 11.2 Å². The average molecular weight is 275 g/mol. The number of aliphatic hydroxyl groups is 1. The number of rotatable bonds is 14. The van der Waals surface area contributed by atoms with Crippen LogP contribution < -0.4 is 0 Å². The number of unbranched alkanes of at least 4 members (excludes halogenated alkanes) is 9. The Morgan fingerprint density at radius 3 is 1.95 bits per heavy atom. The predicted molar refractivity (Wildman–Crippen MR) is 75.4 cm³/mol. The molecule has 1 unspecified atom stereocenters. The molecule has 114 valence electrons. The monoisotopic (exact) mass is 275 g/mol. The minimum Gasteiger partial charge on any atom is -0.391 e. The molecule has 0 aromatic carbocycles. The molecule has 0 fully saturated rings. The molecule has 5 heteroatoms. The lowest BCUT2D eigenvalue weighted by Gasteiger charge is -2.08. The summed E-state index contributed by atoms with van der Waals surface area (Å²) < 4.78 is 0. The molecule has 0 amide bonds. The first-order valence-corrected chi connectivity index (χ1v) is 7.62. The Morgan fingerprint density at radius 2 is 1.47 bits per heavy atom. The van der Waals surface area contributed by atoms with Crippen LogP contribution in [0.15, 0.2) is 0 Å². The predicted octanol–water partition coefficient (Wildman–Crippen LogP) is 3.87. The summed E-state index contributed by atoms with van der Waals surface area (Å²) in [5.41, 5.74) is 0. The average Bonchev–Trinajstić information content (AvgIpc) is 2.38. The summed E-state index contributed by atoms with van der Waals surface area (Å²) in [6.45, 7) is 2.02. The van der Waals surface area contributed by atoms with Gasteiger partial charge < -0.3 is 9.94 Å². The van der Waals surface area contributed by atoms with Crippen LogP contribution >= 0.6 is 0 Å². The van der Waals surface area contributed by atoms with Gasteiger partial charge in [-0.05, 0) is 6.42 Å². The lowest BCUT2D eigenvalue weighted by molar-refractivity contribution is -0.759. The zero-order valence-corrected chi connectivity index (χ0v) is 12.2. The third-order valence-electron chi connectivity index (χ3n) is 3.26. The molecular formula is C14H29NO4. The highest BCUT2D eigenvalue weighted by atomic mass is 17.0. The van der Waals surface area contributed by atoms with Crippen molar-refractivity contribution in [2.24, 2.45) is 0 Å². The summed E-state index contributed by atoms with van der Waals surface area (Å²) in [5.74, 6) is 0. The molecule has 0 rings (SSSR count). The number of nitrogens with zero attached hydrogens (tertiary/aromatic N) is 1. The third-order valence-corrected chi connectivity index (χ3v) is 3.26. The maximum atomic E-state index is 9.92. The molecule has 0 bridgehead atoms. The second-order valence-electron chi connectivity index (χ2n) is 5.14. The minimum atomic E-state index is -0.859. The number of hydrogen-bond acceptors (Lipinski definition) is 4. The first-order chi connectivity index (χ1) is 9.16. The van der Waals surface area contributed by atoms with E-state index in [1.807, 2.05) is 0 Å². The summed E-state index contributed by atoms with van der Waals surface area (Å²) in [4.78, 5) is 14.0. The van der Waals surface area contributed by atoms with Gasteiger partial charge in [0.05, 0.1) is 6.10 Å². The molecule has 1 N–H and O–H groups in total. The van der Waals surface area contributed by atoms with E-state index in [0.29, 0.717) is 6.42 Å². The van der Waals surface area contributed by atoms with Crippen LogP contribution in [0, 0.1) is 10.1 Å². The van der Waals surface area contributed by atoms with Crippen LogP contribution in [0.4, 0.5) is 0 Å². The van der Waals surface area contributed by atoms with Crippen LogP contribution in [-0.4, -0.2) is 22.9 Å². The van der Waals surface area contributed by atoms with E-state index in [1.54, 1.807) is 0 Å². The van der Waals surface area contributed by atoms with Gasteiger partial charge in [0.1, 0.15) is 6.61 Å². The summed E-state index contributed by atoms with van der Waals surface area (Å²) in [6, 6.07) is 0. The first kappa shape index (κ1) is 18.2. The Hall–Kier alpha value is -0.840. The summed E-state index contributed by atoms with van der Waals surface area (Å²) >= 11 is 0. The van der Waals surface area contributed by atoms with E-state index in [-0.39, 0.29) is 6.61 Å². The fraction of sp³-hybridized carbons (Fsp3) is 1.00. The Bertz CT molecular complexity index is 212. The first-order valence-electron chi connectivity index (χ1n) is 7.62. The zero-order chi connectivity index (χ0) is 14.3.